The van der Waals surface area contributed by atoms with E-state index in [-0.39, 0.29) is 23.8 Å². The zero-order valence-corrected chi connectivity index (χ0v) is 20.4. The predicted molar refractivity (Wildman–Crippen MR) is 136 cm³/mol. The van der Waals surface area contributed by atoms with Gasteiger partial charge in [0.2, 0.25) is 0 Å². The Bertz CT molecular complexity index is 1340. The molecule has 1 saturated heterocycles. The molecule has 4 amide bonds. The summed E-state index contributed by atoms with van der Waals surface area (Å²) in [5, 5.41) is 2.43. The lowest BCUT2D eigenvalue weighted by Crippen LogP contribution is -2.54. The molecule has 0 radical (unpaired) electrons. The van der Waals surface area contributed by atoms with Crippen molar-refractivity contribution in [3.63, 3.8) is 0 Å². The van der Waals surface area contributed by atoms with Gasteiger partial charge in [0.05, 0.1) is 17.8 Å². The third kappa shape index (κ3) is 5.50. The first-order valence-corrected chi connectivity index (χ1v) is 11.4. The van der Waals surface area contributed by atoms with Crippen LogP contribution < -0.4 is 24.4 Å². The van der Waals surface area contributed by atoms with Gasteiger partial charge in [-0.15, -0.1) is 0 Å². The molecular weight excluding hydrogens is 484 g/mol. The molecule has 0 spiro atoms. The van der Waals surface area contributed by atoms with Gasteiger partial charge in [0.25, 0.3) is 11.8 Å². The number of carbonyl (C=O) groups is 3. The summed E-state index contributed by atoms with van der Waals surface area (Å²) in [4.78, 5) is 39.0. The Balaban J connectivity index is 1.54. The van der Waals surface area contributed by atoms with Gasteiger partial charge in [-0.05, 0) is 60.5 Å². The lowest BCUT2D eigenvalue weighted by Gasteiger charge is -2.26. The number of benzene rings is 3. The summed E-state index contributed by atoms with van der Waals surface area (Å²) in [6.07, 6.45) is 1.35. The normalized spacial score (nSPS) is 14.6. The van der Waals surface area contributed by atoms with E-state index in [0.717, 1.165) is 16.2 Å². The van der Waals surface area contributed by atoms with Crippen molar-refractivity contribution in [2.24, 2.45) is 0 Å². The van der Waals surface area contributed by atoms with Crippen LogP contribution in [0.2, 0.25) is 5.02 Å². The van der Waals surface area contributed by atoms with Crippen molar-refractivity contribution in [3.05, 3.63) is 88.5 Å². The SMILES string of the molecule is COc1cc(C=C2C(=O)NC(=O)N(c3cccc(C)c3)C2=O)cc(Cl)c1OCCOc1ccccc1. The number of amides is 4. The van der Waals surface area contributed by atoms with Gasteiger partial charge in [-0.25, -0.2) is 9.69 Å². The molecule has 0 aliphatic carbocycles. The molecule has 0 unspecified atom stereocenters. The van der Waals surface area contributed by atoms with Crippen LogP contribution in [0.3, 0.4) is 0 Å². The second-order valence-corrected chi connectivity index (χ2v) is 8.25. The van der Waals surface area contributed by atoms with Crippen molar-refractivity contribution in [1.29, 1.82) is 0 Å². The molecule has 9 heteroatoms. The summed E-state index contributed by atoms with van der Waals surface area (Å²) in [5.41, 5.74) is 1.41. The van der Waals surface area contributed by atoms with Crippen molar-refractivity contribution in [2.75, 3.05) is 25.2 Å². The molecule has 1 aliphatic rings. The first-order valence-electron chi connectivity index (χ1n) is 11.0. The summed E-state index contributed by atoms with van der Waals surface area (Å²) in [6, 6.07) is 18.5. The van der Waals surface area contributed by atoms with Gasteiger partial charge in [-0.3, -0.25) is 14.9 Å². The maximum absolute atomic E-state index is 13.1. The highest BCUT2D eigenvalue weighted by atomic mass is 35.5. The molecule has 1 fully saturated rings. The molecule has 1 N–H and O–H groups in total. The lowest BCUT2D eigenvalue weighted by molar-refractivity contribution is -0.122. The monoisotopic (exact) mass is 506 g/mol. The summed E-state index contributed by atoms with van der Waals surface area (Å²) in [6.45, 7) is 2.33. The van der Waals surface area contributed by atoms with Gasteiger partial charge in [-0.1, -0.05) is 41.9 Å². The molecule has 0 saturated carbocycles. The second-order valence-electron chi connectivity index (χ2n) is 7.84. The van der Waals surface area contributed by atoms with Gasteiger partial charge in [0.15, 0.2) is 11.5 Å². The van der Waals surface area contributed by atoms with E-state index in [4.69, 9.17) is 25.8 Å². The number of anilines is 1. The predicted octanol–water partition coefficient (Wildman–Crippen LogP) is 4.78. The number of barbiturate groups is 1. The number of nitrogens with one attached hydrogen (secondary N) is 1. The number of methoxy groups -OCH3 is 1. The molecular formula is C27H23ClN2O6. The van der Waals surface area contributed by atoms with Crippen LogP contribution >= 0.6 is 11.6 Å². The van der Waals surface area contributed by atoms with Crippen molar-refractivity contribution in [1.82, 2.24) is 5.32 Å². The lowest BCUT2D eigenvalue weighted by atomic mass is 10.1. The van der Waals surface area contributed by atoms with E-state index in [0.29, 0.717) is 22.7 Å². The first-order chi connectivity index (χ1) is 17.4. The average molecular weight is 507 g/mol. The minimum absolute atomic E-state index is 0.208. The number of imide groups is 2. The van der Waals surface area contributed by atoms with E-state index in [2.05, 4.69) is 5.32 Å². The Labute approximate surface area is 213 Å². The number of hydrogen-bond donors (Lipinski definition) is 1. The highest BCUT2D eigenvalue weighted by molar-refractivity contribution is 6.39. The average Bonchev–Trinajstić information content (AvgIpc) is 2.85. The largest absolute Gasteiger partial charge is 0.493 e. The number of aryl methyl sites for hydroxylation is 1. The van der Waals surface area contributed by atoms with Gasteiger partial charge in [0, 0.05) is 0 Å². The summed E-state index contributed by atoms with van der Waals surface area (Å²) >= 11 is 6.44. The van der Waals surface area contributed by atoms with Crippen molar-refractivity contribution < 1.29 is 28.6 Å². The third-order valence-corrected chi connectivity index (χ3v) is 5.55. The van der Waals surface area contributed by atoms with Crippen LogP contribution in [-0.2, 0) is 9.59 Å². The van der Waals surface area contributed by atoms with Crippen LogP contribution in [0.25, 0.3) is 6.08 Å². The van der Waals surface area contributed by atoms with Gasteiger partial charge in [0.1, 0.15) is 24.5 Å². The number of rotatable bonds is 8. The molecule has 0 aromatic heterocycles. The third-order valence-electron chi connectivity index (χ3n) is 5.27. The maximum Gasteiger partial charge on any atom is 0.335 e. The van der Waals surface area contributed by atoms with Crippen LogP contribution in [0.15, 0.2) is 72.3 Å². The molecule has 1 aliphatic heterocycles. The molecule has 3 aromatic carbocycles. The zero-order chi connectivity index (χ0) is 25.7. The van der Waals surface area contributed by atoms with Crippen molar-refractivity contribution in [2.45, 2.75) is 6.92 Å². The first kappa shape index (κ1) is 24.8. The number of halogens is 1. The quantitative estimate of drug-likeness (QED) is 0.268. The minimum Gasteiger partial charge on any atom is -0.493 e. The number of ether oxygens (including phenoxy) is 3. The molecule has 1 heterocycles. The van der Waals surface area contributed by atoms with E-state index in [1.165, 1.54) is 13.2 Å². The molecule has 36 heavy (non-hydrogen) atoms. The molecule has 0 bridgehead atoms. The van der Waals surface area contributed by atoms with E-state index in [9.17, 15) is 14.4 Å². The fourth-order valence-corrected chi connectivity index (χ4v) is 3.88. The van der Waals surface area contributed by atoms with Gasteiger partial charge < -0.3 is 14.2 Å². The molecule has 4 rings (SSSR count). The van der Waals surface area contributed by atoms with Crippen LogP contribution in [0.5, 0.6) is 17.2 Å². The van der Waals surface area contributed by atoms with Gasteiger partial charge >= 0.3 is 6.03 Å². The van der Waals surface area contributed by atoms with Gasteiger partial charge in [-0.2, -0.15) is 0 Å². The fraction of sp³-hybridized carbons (Fsp3) is 0.148. The smallest absolute Gasteiger partial charge is 0.335 e. The Hall–Kier alpha value is -4.30. The van der Waals surface area contributed by atoms with E-state index >= 15 is 0 Å². The number of nitrogens with zero attached hydrogens (tertiary/aromatic N) is 1. The maximum atomic E-state index is 13.1. The highest BCUT2D eigenvalue weighted by Crippen LogP contribution is 2.37. The van der Waals surface area contributed by atoms with Crippen LogP contribution in [0, 0.1) is 6.92 Å². The topological polar surface area (TPSA) is 94.2 Å². The van der Waals surface area contributed by atoms with Crippen LogP contribution in [0.4, 0.5) is 10.5 Å². The second kappa shape index (κ2) is 11.0. The Morgan fingerprint density at radius 3 is 2.42 bits per heavy atom. The number of hydrogen-bond acceptors (Lipinski definition) is 6. The Kier molecular flexibility index (Phi) is 7.56. The molecule has 184 valence electrons. The van der Waals surface area contributed by atoms with Crippen LogP contribution in [-0.4, -0.2) is 38.2 Å². The van der Waals surface area contributed by atoms with Crippen molar-refractivity contribution >= 4 is 41.2 Å². The number of para-hydroxylation sites is 1. The highest BCUT2D eigenvalue weighted by Gasteiger charge is 2.36. The summed E-state index contributed by atoms with van der Waals surface area (Å²) in [7, 11) is 1.45. The zero-order valence-electron chi connectivity index (χ0n) is 19.6. The minimum atomic E-state index is -0.815. The molecule has 8 nitrogen and oxygen atoms in total. The van der Waals surface area contributed by atoms with E-state index in [1.54, 1.807) is 30.3 Å². The fourth-order valence-electron chi connectivity index (χ4n) is 3.61. The standard InChI is InChI=1S/C27H23ClN2O6/c1-17-7-6-8-19(13-17)30-26(32)21(25(31)29-27(30)33)14-18-15-22(28)24(23(16-18)34-2)36-12-11-35-20-9-4-3-5-10-20/h3-10,13-16H,11-12H2,1-2H3,(H,29,31,33). The number of urea groups is 1. The molecule has 3 aromatic rings. The summed E-state index contributed by atoms with van der Waals surface area (Å²) in [5.74, 6) is -0.224. The van der Waals surface area contributed by atoms with E-state index < -0.39 is 17.8 Å². The Morgan fingerprint density at radius 1 is 0.944 bits per heavy atom. The van der Waals surface area contributed by atoms with E-state index in [1.807, 2.05) is 43.3 Å². The van der Waals surface area contributed by atoms with Crippen molar-refractivity contribution in [3.8, 4) is 17.2 Å². The molecule has 0 atom stereocenters. The van der Waals surface area contributed by atoms with Crippen LogP contribution in [0.1, 0.15) is 11.1 Å². The number of carbonyl (C=O) groups excluding carboxylic acids is 3. The Morgan fingerprint density at radius 2 is 1.69 bits per heavy atom. The summed E-state index contributed by atoms with van der Waals surface area (Å²) < 4.78 is 16.8.